The van der Waals surface area contributed by atoms with Gasteiger partial charge < -0.3 is 4.57 Å². The maximum absolute atomic E-state index is 15.1. The Kier molecular flexibility index (Phi) is 8.10. The van der Waals surface area contributed by atoms with Gasteiger partial charge in [-0.1, -0.05) is 177 Å². The molecule has 8 aromatic rings. The van der Waals surface area contributed by atoms with Gasteiger partial charge in [-0.15, -0.1) is 0 Å². The van der Waals surface area contributed by atoms with Crippen LogP contribution in [0.3, 0.4) is 0 Å². The third-order valence-electron chi connectivity index (χ3n) is 10.8. The highest BCUT2D eigenvalue weighted by Gasteiger charge is 2.30. The zero-order valence-electron chi connectivity index (χ0n) is 29.5. The second kappa shape index (κ2) is 13.1. The van der Waals surface area contributed by atoms with E-state index in [0.717, 1.165) is 33.1 Å². The molecule has 0 amide bonds. The average Bonchev–Trinajstić information content (AvgIpc) is 3.20. The Morgan fingerprint density at radius 1 is 0.519 bits per heavy atom. The summed E-state index contributed by atoms with van der Waals surface area (Å²) in [6.45, 7) is 4.57. The topological polar surface area (TPSA) is 17.1 Å². The lowest BCUT2D eigenvalue weighted by Gasteiger charge is -2.27. The van der Waals surface area contributed by atoms with Gasteiger partial charge in [0.15, 0.2) is 7.14 Å². The number of rotatable bonds is 6. The van der Waals surface area contributed by atoms with Crippen LogP contribution < -0.4 is 15.9 Å². The van der Waals surface area contributed by atoms with Crippen LogP contribution in [0.25, 0.3) is 61.0 Å². The summed E-state index contributed by atoms with van der Waals surface area (Å²) < 4.78 is 15.1. The van der Waals surface area contributed by atoms with Crippen molar-refractivity contribution in [2.75, 3.05) is 0 Å². The molecule has 1 unspecified atom stereocenters. The van der Waals surface area contributed by atoms with E-state index in [4.69, 9.17) is 0 Å². The number of benzene rings is 8. The van der Waals surface area contributed by atoms with E-state index in [1.807, 2.05) is 60.7 Å². The molecular weight excluding hydrogens is 648 g/mol. The summed E-state index contributed by atoms with van der Waals surface area (Å²) in [5.74, 6) is 0.440. The lowest BCUT2D eigenvalue weighted by molar-refractivity contribution is 0.592. The van der Waals surface area contributed by atoms with Gasteiger partial charge in [-0.2, -0.15) is 0 Å². The number of hydrogen-bond acceptors (Lipinski definition) is 1. The number of allylic oxidation sites excluding steroid dienone is 1. The summed E-state index contributed by atoms with van der Waals surface area (Å²) in [6.07, 6.45) is 5.73. The largest absolute Gasteiger partial charge is 0.309 e. The van der Waals surface area contributed by atoms with Crippen LogP contribution in [0.5, 0.6) is 0 Å². The van der Waals surface area contributed by atoms with Gasteiger partial charge in [0.25, 0.3) is 0 Å². The fraction of sp³-hybridized carbons (Fsp3) is 0.0800. The minimum absolute atomic E-state index is 0.440. The van der Waals surface area contributed by atoms with E-state index < -0.39 is 7.14 Å². The first-order valence-corrected chi connectivity index (χ1v) is 19.9. The summed E-state index contributed by atoms with van der Waals surface area (Å²) >= 11 is 0. The van der Waals surface area contributed by atoms with Gasteiger partial charge in [0.1, 0.15) is 0 Å². The number of fused-ring (bicyclic) bond motifs is 3. The van der Waals surface area contributed by atoms with Gasteiger partial charge >= 0.3 is 0 Å². The van der Waals surface area contributed by atoms with Crippen LogP contribution in [-0.2, 0) is 11.0 Å². The van der Waals surface area contributed by atoms with Crippen molar-refractivity contribution in [3.05, 3.63) is 193 Å². The molecule has 0 heterocycles. The van der Waals surface area contributed by atoms with Crippen LogP contribution in [0.1, 0.15) is 23.6 Å². The minimum Gasteiger partial charge on any atom is -0.309 e. The Hall–Kier alpha value is -5.75. The van der Waals surface area contributed by atoms with E-state index in [-0.39, 0.29) is 0 Å². The molecule has 0 saturated carbocycles. The van der Waals surface area contributed by atoms with E-state index in [9.17, 15) is 0 Å². The van der Waals surface area contributed by atoms with Gasteiger partial charge in [-0.3, -0.25) is 0 Å². The Bertz CT molecular complexity index is 2650. The van der Waals surface area contributed by atoms with E-state index in [2.05, 4.69) is 135 Å². The average molecular weight is 687 g/mol. The van der Waals surface area contributed by atoms with Gasteiger partial charge in [0, 0.05) is 15.9 Å². The zero-order valence-corrected chi connectivity index (χ0v) is 30.4. The molecule has 0 aromatic heterocycles. The summed E-state index contributed by atoms with van der Waals surface area (Å²) in [5.41, 5.74) is 11.6. The monoisotopic (exact) mass is 686 g/mol. The van der Waals surface area contributed by atoms with E-state index in [1.54, 1.807) is 0 Å². The summed E-state index contributed by atoms with van der Waals surface area (Å²) in [5, 5.41) is 7.33. The van der Waals surface area contributed by atoms with Gasteiger partial charge in [-0.05, 0) is 103 Å². The van der Waals surface area contributed by atoms with Crippen LogP contribution in [0, 0.1) is 12.8 Å². The standard InChI is InChI=1S/C50H39OP/c1-34-22-28-47-48(30-34)49(45-20-12-13-21-46(45)50(47)44-29-26-37(31-35(44)2)36-14-6-3-7-15-36)40-24-23-39-33-43(27-25-38(39)32-40)52(51,41-16-8-4-9-17-41)42-18-10-5-11-19-42/h3-29,31-34H,30H2,1-2H3. The van der Waals surface area contributed by atoms with Crippen molar-refractivity contribution in [3.8, 4) is 33.4 Å². The van der Waals surface area contributed by atoms with Crippen molar-refractivity contribution < 1.29 is 4.57 Å². The molecule has 0 bridgehead atoms. The van der Waals surface area contributed by atoms with Crippen molar-refractivity contribution in [3.63, 3.8) is 0 Å². The summed E-state index contributed by atoms with van der Waals surface area (Å²) in [7, 11) is -3.07. The van der Waals surface area contributed by atoms with Crippen LogP contribution in [-0.4, -0.2) is 0 Å². The maximum Gasteiger partial charge on any atom is 0.171 e. The van der Waals surface area contributed by atoms with Crippen LogP contribution in [0.15, 0.2) is 176 Å². The Morgan fingerprint density at radius 2 is 1.10 bits per heavy atom. The third-order valence-corrected chi connectivity index (χ3v) is 13.9. The van der Waals surface area contributed by atoms with Crippen molar-refractivity contribution in [1.82, 2.24) is 0 Å². The van der Waals surface area contributed by atoms with E-state index in [1.165, 1.54) is 60.8 Å². The first-order valence-electron chi connectivity index (χ1n) is 18.2. The first kappa shape index (κ1) is 32.2. The highest BCUT2D eigenvalue weighted by molar-refractivity contribution is 7.85. The van der Waals surface area contributed by atoms with Crippen molar-refractivity contribution >= 4 is 50.7 Å². The smallest absolute Gasteiger partial charge is 0.171 e. The van der Waals surface area contributed by atoms with Crippen LogP contribution >= 0.6 is 7.14 Å². The fourth-order valence-electron chi connectivity index (χ4n) is 8.24. The molecule has 0 aliphatic heterocycles. The fourth-order valence-corrected chi connectivity index (χ4v) is 10.9. The molecule has 52 heavy (non-hydrogen) atoms. The number of hydrogen-bond donors (Lipinski definition) is 0. The molecule has 250 valence electrons. The quantitative estimate of drug-likeness (QED) is 0.159. The lowest BCUT2D eigenvalue weighted by Crippen LogP contribution is -2.24. The Labute approximate surface area is 306 Å². The lowest BCUT2D eigenvalue weighted by atomic mass is 9.77. The number of aryl methyl sites for hydroxylation is 1. The van der Waals surface area contributed by atoms with Crippen molar-refractivity contribution in [2.45, 2.75) is 20.3 Å². The van der Waals surface area contributed by atoms with Crippen molar-refractivity contribution in [2.24, 2.45) is 5.92 Å². The van der Waals surface area contributed by atoms with Gasteiger partial charge in [0.2, 0.25) is 0 Å². The van der Waals surface area contributed by atoms with E-state index in [0.29, 0.717) is 5.92 Å². The Balaban J connectivity index is 1.21. The molecule has 1 aliphatic rings. The predicted molar refractivity (Wildman–Crippen MR) is 224 cm³/mol. The molecule has 1 aliphatic carbocycles. The highest BCUT2D eigenvalue weighted by atomic mass is 31.2. The predicted octanol–water partition coefficient (Wildman–Crippen LogP) is 12.1. The SMILES string of the molecule is Cc1cc(-c2ccccc2)ccc1-c1c2c(c(-c3ccc4cc(P(=O)(c5ccccc5)c5ccccc5)ccc4c3)c3ccccc13)CC(C)C=C2. The molecule has 1 nitrogen and oxygen atoms in total. The normalized spacial score (nSPS) is 14.1. The molecule has 0 fully saturated rings. The summed E-state index contributed by atoms with van der Waals surface area (Å²) in [6, 6.07) is 59.6. The molecule has 2 heteroatoms. The molecule has 0 radical (unpaired) electrons. The van der Waals surface area contributed by atoms with Crippen molar-refractivity contribution in [1.29, 1.82) is 0 Å². The maximum atomic E-state index is 15.1. The summed E-state index contributed by atoms with van der Waals surface area (Å²) in [4.78, 5) is 0. The van der Waals surface area contributed by atoms with Crippen LogP contribution in [0.2, 0.25) is 0 Å². The van der Waals surface area contributed by atoms with Crippen LogP contribution in [0.4, 0.5) is 0 Å². The van der Waals surface area contributed by atoms with Gasteiger partial charge in [0.05, 0.1) is 0 Å². The first-order chi connectivity index (χ1) is 25.5. The third kappa shape index (κ3) is 5.45. The molecular formula is C50H39OP. The minimum atomic E-state index is -3.07. The van der Waals surface area contributed by atoms with Gasteiger partial charge in [-0.25, -0.2) is 0 Å². The second-order valence-electron chi connectivity index (χ2n) is 14.2. The Morgan fingerprint density at radius 3 is 1.77 bits per heavy atom. The molecule has 1 atom stereocenters. The molecule has 0 spiro atoms. The molecule has 0 N–H and O–H groups in total. The molecule has 8 aromatic carbocycles. The highest BCUT2D eigenvalue weighted by Crippen LogP contribution is 2.47. The molecule has 0 saturated heterocycles. The van der Waals surface area contributed by atoms with E-state index >= 15 is 4.57 Å². The molecule has 9 rings (SSSR count). The zero-order chi connectivity index (χ0) is 35.2. The second-order valence-corrected chi connectivity index (χ2v) is 16.9.